The molecule has 0 saturated heterocycles. The molecule has 0 amide bonds. The van der Waals surface area contributed by atoms with Gasteiger partial charge in [-0.3, -0.25) is 0 Å². The van der Waals surface area contributed by atoms with Gasteiger partial charge in [0.2, 0.25) is 0 Å². The van der Waals surface area contributed by atoms with Crippen LogP contribution in [0.5, 0.6) is 0 Å². The molecule has 0 fully saturated rings. The predicted octanol–water partition coefficient (Wildman–Crippen LogP) is 15.1. The third kappa shape index (κ3) is 5.25. The van der Waals surface area contributed by atoms with Gasteiger partial charge in [-0.15, -0.1) is 0 Å². The van der Waals surface area contributed by atoms with Gasteiger partial charge in [0.1, 0.15) is 11.2 Å². The van der Waals surface area contributed by atoms with E-state index in [2.05, 4.69) is 206 Å². The average molecular weight is 755 g/mol. The van der Waals surface area contributed by atoms with E-state index < -0.39 is 0 Å². The van der Waals surface area contributed by atoms with Gasteiger partial charge >= 0.3 is 0 Å². The Hall–Kier alpha value is -7.49. The Morgan fingerprint density at radius 3 is 1.86 bits per heavy atom. The number of hydrogen-bond donors (Lipinski definition) is 0. The summed E-state index contributed by atoms with van der Waals surface area (Å²) in [5.41, 5.74) is 19.3. The molecule has 1 aliphatic carbocycles. The highest BCUT2D eigenvalue weighted by Crippen LogP contribution is 2.52. The van der Waals surface area contributed by atoms with Crippen molar-refractivity contribution in [1.29, 1.82) is 0 Å². The number of nitrogens with zero attached hydrogens (tertiary/aromatic N) is 2. The van der Waals surface area contributed by atoms with E-state index in [1.165, 1.54) is 71.5 Å². The lowest BCUT2D eigenvalue weighted by Gasteiger charge is -2.22. The molecule has 3 heterocycles. The Bertz CT molecular complexity index is 3400. The number of benzene rings is 8. The van der Waals surface area contributed by atoms with E-state index in [1.54, 1.807) is 0 Å². The van der Waals surface area contributed by atoms with Crippen LogP contribution >= 0.6 is 0 Å². The van der Waals surface area contributed by atoms with E-state index in [9.17, 15) is 0 Å². The van der Waals surface area contributed by atoms with Crippen molar-refractivity contribution in [3.05, 3.63) is 205 Å². The van der Waals surface area contributed by atoms with Crippen LogP contribution in [-0.2, 0) is 5.41 Å². The third-order valence-electron chi connectivity index (χ3n) is 12.6. The number of pyridine rings is 1. The second kappa shape index (κ2) is 12.8. The predicted molar refractivity (Wildman–Crippen MR) is 245 cm³/mol. The average Bonchev–Trinajstić information content (AvgIpc) is 3.90. The molecule has 0 N–H and O–H groups in total. The standard InChI is InChI=1S/C56H38N2O/c1-56(2)48-30-38(24-26-42(48)45-33-47-44-21-10-12-23-54(44)59-55(47)34-49(45)56)37-25-27-53-46(29-37)43-20-9-11-22-52(43)58(53)41-19-13-18-39(28-41)51-32-40(35-14-5-3-6-15-35)31-50(57-51)36-16-7-4-8-17-36/h3-34H,1-2H3. The summed E-state index contributed by atoms with van der Waals surface area (Å²) >= 11 is 0. The quantitative estimate of drug-likeness (QED) is 0.175. The van der Waals surface area contributed by atoms with Crippen LogP contribution in [0, 0.1) is 0 Å². The van der Waals surface area contributed by atoms with E-state index in [0.717, 1.165) is 44.9 Å². The van der Waals surface area contributed by atoms with Crippen molar-refractivity contribution in [2.24, 2.45) is 0 Å². The Labute approximate surface area is 342 Å². The second-order valence-electron chi connectivity index (χ2n) is 16.4. The van der Waals surface area contributed by atoms with Crippen LogP contribution in [0.3, 0.4) is 0 Å². The normalized spacial score (nSPS) is 13.1. The Balaban J connectivity index is 0.966. The van der Waals surface area contributed by atoms with Gasteiger partial charge in [-0.2, -0.15) is 0 Å². The van der Waals surface area contributed by atoms with Crippen LogP contribution in [0.4, 0.5) is 0 Å². The van der Waals surface area contributed by atoms with Crippen molar-refractivity contribution in [2.75, 3.05) is 0 Å². The number of furan rings is 1. The first-order chi connectivity index (χ1) is 29.0. The molecule has 0 atom stereocenters. The Morgan fingerprint density at radius 2 is 1.03 bits per heavy atom. The van der Waals surface area contributed by atoms with Crippen LogP contribution in [0.25, 0.3) is 105 Å². The van der Waals surface area contributed by atoms with Gasteiger partial charge in [0.05, 0.1) is 22.4 Å². The number of para-hydroxylation sites is 2. The van der Waals surface area contributed by atoms with Gasteiger partial charge in [0.15, 0.2) is 0 Å². The molecule has 0 bridgehead atoms. The fraction of sp³-hybridized carbons (Fsp3) is 0.0536. The second-order valence-corrected chi connectivity index (χ2v) is 16.4. The summed E-state index contributed by atoms with van der Waals surface area (Å²) in [6, 6.07) is 70.0. The number of rotatable bonds is 5. The molecule has 278 valence electrons. The molecule has 0 spiro atoms. The summed E-state index contributed by atoms with van der Waals surface area (Å²) in [5.74, 6) is 0. The highest BCUT2D eigenvalue weighted by Gasteiger charge is 2.36. The summed E-state index contributed by atoms with van der Waals surface area (Å²) in [7, 11) is 0. The minimum Gasteiger partial charge on any atom is -0.456 e. The van der Waals surface area contributed by atoms with Crippen LogP contribution < -0.4 is 0 Å². The van der Waals surface area contributed by atoms with Gasteiger partial charge in [0, 0.05) is 43.8 Å². The summed E-state index contributed by atoms with van der Waals surface area (Å²) < 4.78 is 8.74. The van der Waals surface area contributed by atoms with Crippen molar-refractivity contribution in [3.63, 3.8) is 0 Å². The molecule has 3 aromatic heterocycles. The molecule has 0 saturated carbocycles. The van der Waals surface area contributed by atoms with Gasteiger partial charge in [-0.05, 0) is 111 Å². The molecule has 8 aromatic carbocycles. The SMILES string of the molecule is CC1(C)c2cc(-c3ccc4c(c3)c3ccccc3n4-c3cccc(-c4cc(-c5ccccc5)cc(-c5ccccc5)n4)c3)ccc2-c2cc3c(cc21)oc1ccccc13. The maximum atomic E-state index is 6.34. The summed E-state index contributed by atoms with van der Waals surface area (Å²) in [4.78, 5) is 5.25. The maximum absolute atomic E-state index is 6.34. The van der Waals surface area contributed by atoms with Crippen molar-refractivity contribution < 1.29 is 4.42 Å². The summed E-state index contributed by atoms with van der Waals surface area (Å²) in [6.45, 7) is 4.69. The van der Waals surface area contributed by atoms with Gasteiger partial charge in [-0.25, -0.2) is 4.98 Å². The number of hydrogen-bond acceptors (Lipinski definition) is 2. The molecule has 0 unspecified atom stereocenters. The van der Waals surface area contributed by atoms with Crippen molar-refractivity contribution in [2.45, 2.75) is 19.3 Å². The van der Waals surface area contributed by atoms with Crippen molar-refractivity contribution in [1.82, 2.24) is 9.55 Å². The summed E-state index contributed by atoms with van der Waals surface area (Å²) in [5, 5.41) is 4.80. The highest BCUT2D eigenvalue weighted by atomic mass is 16.3. The summed E-state index contributed by atoms with van der Waals surface area (Å²) in [6.07, 6.45) is 0. The monoisotopic (exact) mass is 754 g/mol. The largest absolute Gasteiger partial charge is 0.456 e. The lowest BCUT2D eigenvalue weighted by molar-refractivity contribution is 0.647. The molecular formula is C56H38N2O. The van der Waals surface area contributed by atoms with E-state index in [4.69, 9.17) is 9.40 Å². The molecular weight excluding hydrogens is 717 g/mol. The van der Waals surface area contributed by atoms with Crippen LogP contribution in [0.1, 0.15) is 25.0 Å². The van der Waals surface area contributed by atoms with Gasteiger partial charge in [-0.1, -0.05) is 141 Å². The first-order valence-electron chi connectivity index (χ1n) is 20.4. The Kier molecular flexibility index (Phi) is 7.27. The van der Waals surface area contributed by atoms with Crippen LogP contribution in [0.2, 0.25) is 0 Å². The lowest BCUT2D eigenvalue weighted by Crippen LogP contribution is -2.15. The molecule has 3 nitrogen and oxygen atoms in total. The fourth-order valence-electron chi connectivity index (χ4n) is 9.60. The molecule has 11 aromatic rings. The van der Waals surface area contributed by atoms with Gasteiger partial charge < -0.3 is 8.98 Å². The lowest BCUT2D eigenvalue weighted by atomic mass is 9.81. The molecule has 12 rings (SSSR count). The smallest absolute Gasteiger partial charge is 0.135 e. The minimum absolute atomic E-state index is 0.170. The van der Waals surface area contributed by atoms with E-state index >= 15 is 0 Å². The zero-order valence-electron chi connectivity index (χ0n) is 32.8. The van der Waals surface area contributed by atoms with Gasteiger partial charge in [0.25, 0.3) is 0 Å². The molecule has 3 heteroatoms. The van der Waals surface area contributed by atoms with Crippen LogP contribution in [0.15, 0.2) is 199 Å². The highest BCUT2D eigenvalue weighted by molar-refractivity contribution is 6.11. The zero-order valence-corrected chi connectivity index (χ0v) is 32.8. The number of aromatic nitrogens is 2. The van der Waals surface area contributed by atoms with Crippen LogP contribution in [-0.4, -0.2) is 9.55 Å². The molecule has 0 radical (unpaired) electrons. The van der Waals surface area contributed by atoms with Crippen molar-refractivity contribution in [3.8, 4) is 61.6 Å². The van der Waals surface area contributed by atoms with Crippen molar-refractivity contribution >= 4 is 43.7 Å². The first-order valence-corrected chi connectivity index (χ1v) is 20.4. The third-order valence-corrected chi connectivity index (χ3v) is 12.6. The minimum atomic E-state index is -0.170. The fourth-order valence-corrected chi connectivity index (χ4v) is 9.60. The Morgan fingerprint density at radius 1 is 0.390 bits per heavy atom. The molecule has 1 aliphatic rings. The van der Waals surface area contributed by atoms with E-state index in [-0.39, 0.29) is 5.41 Å². The zero-order chi connectivity index (χ0) is 39.2. The maximum Gasteiger partial charge on any atom is 0.135 e. The number of fused-ring (bicyclic) bond motifs is 9. The van der Waals surface area contributed by atoms with E-state index in [0.29, 0.717) is 0 Å². The topological polar surface area (TPSA) is 31.0 Å². The molecule has 59 heavy (non-hydrogen) atoms. The molecule has 0 aliphatic heterocycles. The first kappa shape index (κ1) is 33.6. The van der Waals surface area contributed by atoms with E-state index in [1.807, 2.05) is 6.07 Å².